The third-order valence-electron chi connectivity index (χ3n) is 4.81. The van der Waals surface area contributed by atoms with Gasteiger partial charge >= 0.3 is 0 Å². The number of rotatable bonds is 7. The summed E-state index contributed by atoms with van der Waals surface area (Å²) in [5.74, 6) is 0.0311. The lowest BCUT2D eigenvalue weighted by Gasteiger charge is -2.24. The SMILES string of the molecule is COc1ccc(C)cc1NC(=O)CN(c1cccc(C)c1)S(=O)(=O)c1ccc(C)cc1. The predicted molar refractivity (Wildman–Crippen MR) is 123 cm³/mol. The molecule has 0 bridgehead atoms. The minimum absolute atomic E-state index is 0.126. The number of methoxy groups -OCH3 is 1. The summed E-state index contributed by atoms with van der Waals surface area (Å²) in [7, 11) is -2.44. The van der Waals surface area contributed by atoms with Crippen LogP contribution in [0.1, 0.15) is 16.7 Å². The van der Waals surface area contributed by atoms with Crippen LogP contribution in [0, 0.1) is 20.8 Å². The number of carbonyl (C=O) groups is 1. The lowest BCUT2D eigenvalue weighted by atomic mass is 10.2. The number of nitrogens with one attached hydrogen (secondary N) is 1. The highest BCUT2D eigenvalue weighted by Crippen LogP contribution is 2.27. The van der Waals surface area contributed by atoms with Gasteiger partial charge in [-0.05, 0) is 68.3 Å². The maximum Gasteiger partial charge on any atom is 0.264 e. The molecule has 3 aromatic carbocycles. The first-order chi connectivity index (χ1) is 14.7. The number of carbonyl (C=O) groups excluding carboxylic acids is 1. The van der Waals surface area contributed by atoms with Crippen LogP contribution in [-0.2, 0) is 14.8 Å². The number of amides is 1. The van der Waals surface area contributed by atoms with E-state index in [1.807, 2.05) is 32.9 Å². The quantitative estimate of drug-likeness (QED) is 0.591. The highest BCUT2D eigenvalue weighted by Gasteiger charge is 2.27. The fourth-order valence-electron chi connectivity index (χ4n) is 3.18. The Balaban J connectivity index is 1.97. The van der Waals surface area contributed by atoms with Gasteiger partial charge in [-0.2, -0.15) is 0 Å². The zero-order valence-corrected chi connectivity index (χ0v) is 18.9. The smallest absolute Gasteiger partial charge is 0.264 e. The predicted octanol–water partition coefficient (Wildman–Crippen LogP) is 4.45. The van der Waals surface area contributed by atoms with Crippen LogP contribution in [0.5, 0.6) is 5.75 Å². The molecule has 3 aromatic rings. The Hall–Kier alpha value is -3.32. The molecule has 7 heteroatoms. The van der Waals surface area contributed by atoms with E-state index in [0.29, 0.717) is 17.1 Å². The molecular weight excluding hydrogens is 412 g/mol. The zero-order chi connectivity index (χ0) is 22.6. The van der Waals surface area contributed by atoms with Gasteiger partial charge in [-0.3, -0.25) is 9.10 Å². The summed E-state index contributed by atoms with van der Waals surface area (Å²) >= 11 is 0. The van der Waals surface area contributed by atoms with Crippen molar-refractivity contribution in [1.82, 2.24) is 0 Å². The van der Waals surface area contributed by atoms with Crippen molar-refractivity contribution >= 4 is 27.3 Å². The van der Waals surface area contributed by atoms with Gasteiger partial charge in [0, 0.05) is 0 Å². The van der Waals surface area contributed by atoms with Gasteiger partial charge in [0.05, 0.1) is 23.4 Å². The number of ether oxygens (including phenoxy) is 1. The molecule has 0 spiro atoms. The van der Waals surface area contributed by atoms with Crippen molar-refractivity contribution in [2.45, 2.75) is 25.7 Å². The van der Waals surface area contributed by atoms with Crippen molar-refractivity contribution in [3.63, 3.8) is 0 Å². The Morgan fingerprint density at radius 3 is 2.19 bits per heavy atom. The summed E-state index contributed by atoms with van der Waals surface area (Å²) in [5, 5.41) is 2.78. The fraction of sp³-hybridized carbons (Fsp3) is 0.208. The second-order valence-corrected chi connectivity index (χ2v) is 9.28. The molecule has 31 heavy (non-hydrogen) atoms. The van der Waals surface area contributed by atoms with Gasteiger partial charge in [0.1, 0.15) is 12.3 Å². The normalized spacial score (nSPS) is 11.1. The summed E-state index contributed by atoms with van der Waals surface area (Å²) in [6, 6.07) is 19.0. The van der Waals surface area contributed by atoms with Gasteiger partial charge in [-0.25, -0.2) is 8.42 Å². The Labute approximate surface area is 183 Å². The van der Waals surface area contributed by atoms with E-state index in [1.54, 1.807) is 54.6 Å². The maximum atomic E-state index is 13.4. The van der Waals surface area contributed by atoms with Crippen molar-refractivity contribution in [2.75, 3.05) is 23.3 Å². The first kappa shape index (κ1) is 22.4. The number of benzene rings is 3. The minimum Gasteiger partial charge on any atom is -0.495 e. The van der Waals surface area contributed by atoms with Gasteiger partial charge in [0.2, 0.25) is 5.91 Å². The molecule has 0 aliphatic rings. The Morgan fingerprint density at radius 1 is 0.903 bits per heavy atom. The summed E-state index contributed by atoms with van der Waals surface area (Å²) in [6.45, 7) is 5.28. The molecule has 6 nitrogen and oxygen atoms in total. The molecule has 0 atom stereocenters. The number of nitrogens with zero attached hydrogens (tertiary/aromatic N) is 1. The molecule has 0 saturated carbocycles. The Kier molecular flexibility index (Phi) is 6.65. The minimum atomic E-state index is -3.96. The third kappa shape index (κ3) is 5.24. The summed E-state index contributed by atoms with van der Waals surface area (Å²) in [4.78, 5) is 13.0. The maximum absolute atomic E-state index is 13.4. The average molecular weight is 439 g/mol. The standard InChI is InChI=1S/C24H26N2O4S/c1-17-8-11-21(12-9-17)31(28,29)26(20-7-5-6-18(2)14-20)16-24(27)25-22-15-19(3)10-13-23(22)30-4/h5-15H,16H2,1-4H3,(H,25,27). The van der Waals surface area contributed by atoms with Crippen LogP contribution >= 0.6 is 0 Å². The largest absolute Gasteiger partial charge is 0.495 e. The van der Waals surface area contributed by atoms with Crippen LogP contribution in [-0.4, -0.2) is 28.0 Å². The highest BCUT2D eigenvalue weighted by atomic mass is 32.2. The van der Waals surface area contributed by atoms with Crippen molar-refractivity contribution in [2.24, 2.45) is 0 Å². The molecule has 0 heterocycles. The number of hydrogen-bond acceptors (Lipinski definition) is 4. The van der Waals surface area contributed by atoms with Crippen LogP contribution < -0.4 is 14.4 Å². The van der Waals surface area contributed by atoms with Crippen LogP contribution in [0.15, 0.2) is 71.6 Å². The van der Waals surface area contributed by atoms with Crippen molar-refractivity contribution in [3.8, 4) is 5.75 Å². The van der Waals surface area contributed by atoms with Crippen molar-refractivity contribution < 1.29 is 17.9 Å². The first-order valence-corrected chi connectivity index (χ1v) is 11.3. The lowest BCUT2D eigenvalue weighted by molar-refractivity contribution is -0.114. The van der Waals surface area contributed by atoms with Crippen LogP contribution in [0.25, 0.3) is 0 Å². The van der Waals surface area contributed by atoms with Gasteiger partial charge in [0.25, 0.3) is 10.0 Å². The Morgan fingerprint density at radius 2 is 1.55 bits per heavy atom. The van der Waals surface area contributed by atoms with Crippen LogP contribution in [0.4, 0.5) is 11.4 Å². The molecule has 0 aliphatic carbocycles. The zero-order valence-electron chi connectivity index (χ0n) is 18.0. The van der Waals surface area contributed by atoms with E-state index in [2.05, 4.69) is 5.32 Å². The van der Waals surface area contributed by atoms with Crippen LogP contribution in [0.3, 0.4) is 0 Å². The highest BCUT2D eigenvalue weighted by molar-refractivity contribution is 7.92. The second-order valence-electron chi connectivity index (χ2n) is 7.42. The average Bonchev–Trinajstić information content (AvgIpc) is 2.72. The summed E-state index contributed by atoms with van der Waals surface area (Å²) < 4.78 is 33.3. The number of hydrogen-bond donors (Lipinski definition) is 1. The number of aryl methyl sites for hydroxylation is 3. The fourth-order valence-corrected chi connectivity index (χ4v) is 4.59. The molecule has 0 unspecified atom stereocenters. The first-order valence-electron chi connectivity index (χ1n) is 9.81. The molecule has 0 aromatic heterocycles. The van der Waals surface area contributed by atoms with E-state index < -0.39 is 15.9 Å². The van der Waals surface area contributed by atoms with E-state index in [0.717, 1.165) is 21.0 Å². The number of anilines is 2. The molecule has 1 N–H and O–H groups in total. The van der Waals surface area contributed by atoms with Gasteiger partial charge in [0.15, 0.2) is 0 Å². The van der Waals surface area contributed by atoms with Crippen LogP contribution in [0.2, 0.25) is 0 Å². The third-order valence-corrected chi connectivity index (χ3v) is 6.60. The van der Waals surface area contributed by atoms with Gasteiger partial charge in [-0.1, -0.05) is 35.9 Å². The van der Waals surface area contributed by atoms with Gasteiger partial charge in [-0.15, -0.1) is 0 Å². The van der Waals surface area contributed by atoms with Crippen molar-refractivity contribution in [3.05, 3.63) is 83.4 Å². The molecule has 3 rings (SSSR count). The van der Waals surface area contributed by atoms with Crippen molar-refractivity contribution in [1.29, 1.82) is 0 Å². The summed E-state index contributed by atoms with van der Waals surface area (Å²) in [5.41, 5.74) is 3.70. The second kappa shape index (κ2) is 9.22. The molecule has 0 aliphatic heterocycles. The van der Waals surface area contributed by atoms with E-state index in [-0.39, 0.29) is 11.4 Å². The molecule has 162 valence electrons. The van der Waals surface area contributed by atoms with E-state index in [4.69, 9.17) is 4.74 Å². The monoisotopic (exact) mass is 438 g/mol. The number of sulfonamides is 1. The molecule has 0 radical (unpaired) electrons. The lowest BCUT2D eigenvalue weighted by Crippen LogP contribution is -2.38. The van der Waals surface area contributed by atoms with E-state index in [1.165, 1.54) is 7.11 Å². The molecule has 1 amide bonds. The van der Waals surface area contributed by atoms with E-state index >= 15 is 0 Å². The van der Waals surface area contributed by atoms with E-state index in [9.17, 15) is 13.2 Å². The van der Waals surface area contributed by atoms with Gasteiger partial charge < -0.3 is 10.1 Å². The topological polar surface area (TPSA) is 75.7 Å². The Bertz CT molecular complexity index is 1190. The molecular formula is C24H26N2O4S. The molecule has 0 fully saturated rings. The summed E-state index contributed by atoms with van der Waals surface area (Å²) in [6.07, 6.45) is 0. The molecule has 0 saturated heterocycles.